The van der Waals surface area contributed by atoms with Crippen LogP contribution in [0.3, 0.4) is 0 Å². The van der Waals surface area contributed by atoms with Gasteiger partial charge in [-0.15, -0.1) is 0 Å². The molecule has 81 valence electrons. The highest BCUT2D eigenvalue weighted by Crippen LogP contribution is 2.25. The van der Waals surface area contributed by atoms with Gasteiger partial charge in [0.1, 0.15) is 11.4 Å². The van der Waals surface area contributed by atoms with E-state index in [2.05, 4.69) is 6.92 Å². The molecule has 0 aliphatic rings. The molecule has 0 bridgehead atoms. The summed E-state index contributed by atoms with van der Waals surface area (Å²) < 4.78 is 13.4. The number of halogens is 1. The van der Waals surface area contributed by atoms with Crippen LogP contribution in [0, 0.1) is 18.2 Å². The van der Waals surface area contributed by atoms with Crippen molar-refractivity contribution in [1.82, 2.24) is 0 Å². The minimum atomic E-state index is -1.75. The van der Waals surface area contributed by atoms with Crippen molar-refractivity contribution in [2.24, 2.45) is 0 Å². The molecule has 0 unspecified atom stereocenters. The average Bonchev–Trinajstić information content (AvgIpc) is 2.18. The number of benzene rings is 1. The van der Waals surface area contributed by atoms with Crippen molar-refractivity contribution < 1.29 is 9.50 Å². The van der Waals surface area contributed by atoms with Crippen LogP contribution in [0.15, 0.2) is 24.3 Å². The lowest BCUT2D eigenvalue weighted by molar-refractivity contribution is 0.153. The molecule has 3 heteroatoms. The van der Waals surface area contributed by atoms with Gasteiger partial charge in [-0.05, 0) is 19.4 Å². The topological polar surface area (TPSA) is 44.1 Å². The zero-order chi connectivity index (χ0) is 11.5. The molecule has 0 fully saturated rings. The van der Waals surface area contributed by atoms with Crippen molar-refractivity contribution in [1.29, 1.82) is 5.41 Å². The molecule has 0 spiro atoms. The van der Waals surface area contributed by atoms with Gasteiger partial charge in [0.05, 0.1) is 0 Å². The third-order valence-electron chi connectivity index (χ3n) is 2.32. The molecule has 0 amide bonds. The molecular weight excluding hydrogens is 193 g/mol. The summed E-state index contributed by atoms with van der Waals surface area (Å²) in [6, 6.07) is 5.86. The van der Waals surface area contributed by atoms with Gasteiger partial charge in [0.2, 0.25) is 0 Å². The van der Waals surface area contributed by atoms with E-state index in [0.29, 0.717) is 6.42 Å². The van der Waals surface area contributed by atoms with Crippen LogP contribution >= 0.6 is 0 Å². The second kappa shape index (κ2) is 4.53. The maximum atomic E-state index is 13.4. The summed E-state index contributed by atoms with van der Waals surface area (Å²) in [4.78, 5) is 0. The summed E-state index contributed by atoms with van der Waals surface area (Å²) in [5.74, 6) is -0.532. The van der Waals surface area contributed by atoms with Gasteiger partial charge in [-0.3, -0.25) is 0 Å². The van der Waals surface area contributed by atoms with Gasteiger partial charge in [0.15, 0.2) is 0 Å². The Bertz CT molecular complexity index is 360. The Kier molecular flexibility index (Phi) is 3.58. The second-order valence-corrected chi connectivity index (χ2v) is 3.57. The average molecular weight is 208 g/mol. The summed E-state index contributed by atoms with van der Waals surface area (Å²) in [6.07, 6.45) is 1.14. The summed E-state index contributed by atoms with van der Waals surface area (Å²) in [5, 5.41) is 17.6. The Morgan fingerprint density at radius 3 is 2.67 bits per heavy atom. The highest BCUT2D eigenvalue weighted by Gasteiger charge is 2.30. The summed E-state index contributed by atoms with van der Waals surface area (Å²) in [5.41, 5.74) is -1.65. The van der Waals surface area contributed by atoms with Crippen molar-refractivity contribution in [3.63, 3.8) is 0 Å². The smallest absolute Gasteiger partial charge is 0.130 e. The Balaban J connectivity index is 3.05. The molecule has 0 aromatic heterocycles. The molecule has 0 saturated carbocycles. The molecule has 1 radical (unpaired) electrons. The molecule has 0 saturated heterocycles. The molecule has 0 aliphatic carbocycles. The van der Waals surface area contributed by atoms with Crippen molar-refractivity contribution >= 4 is 5.71 Å². The van der Waals surface area contributed by atoms with Crippen molar-refractivity contribution in [3.8, 4) is 0 Å². The van der Waals surface area contributed by atoms with Crippen LogP contribution < -0.4 is 0 Å². The van der Waals surface area contributed by atoms with Crippen LogP contribution in [0.5, 0.6) is 0 Å². The third kappa shape index (κ3) is 2.42. The quantitative estimate of drug-likeness (QED) is 0.734. The first-order valence-corrected chi connectivity index (χ1v) is 4.90. The first kappa shape index (κ1) is 11.9. The van der Waals surface area contributed by atoms with Crippen LogP contribution in [-0.4, -0.2) is 10.8 Å². The first-order valence-electron chi connectivity index (χ1n) is 4.90. The number of hydrogen-bond donors (Lipinski definition) is 2. The maximum Gasteiger partial charge on any atom is 0.130 e. The fourth-order valence-corrected chi connectivity index (χ4v) is 1.42. The summed E-state index contributed by atoms with van der Waals surface area (Å²) in [7, 11) is 0. The lowest BCUT2D eigenvalue weighted by Gasteiger charge is -2.24. The van der Waals surface area contributed by atoms with Crippen molar-refractivity contribution in [3.05, 3.63) is 42.6 Å². The minimum Gasteiger partial charge on any atom is -0.379 e. The minimum absolute atomic E-state index is 0.0371. The van der Waals surface area contributed by atoms with Gasteiger partial charge in [-0.1, -0.05) is 31.5 Å². The number of rotatable bonds is 4. The highest BCUT2D eigenvalue weighted by molar-refractivity contribution is 5.91. The predicted octanol–water partition coefficient (Wildman–Crippen LogP) is 2.67. The van der Waals surface area contributed by atoms with E-state index in [4.69, 9.17) is 5.41 Å². The molecule has 1 aromatic carbocycles. The molecule has 1 rings (SSSR count). The molecular formula is C12H15FNO. The van der Waals surface area contributed by atoms with Gasteiger partial charge in [0, 0.05) is 11.3 Å². The predicted molar refractivity (Wildman–Crippen MR) is 58.3 cm³/mol. The SMILES string of the molecule is [CH2][C@@](O)(C(=N)CCC)c1ccccc1F. The standard InChI is InChI=1S/C12H15FNO/c1-3-6-11(14)12(2,15)9-7-4-5-8-10(9)13/h4-5,7-8,14-15H,2-3,6H2,1H3/t12-/m0/s1. The molecule has 1 atom stereocenters. The fourth-order valence-electron chi connectivity index (χ4n) is 1.42. The van der Waals surface area contributed by atoms with Crippen LogP contribution in [0.4, 0.5) is 4.39 Å². The molecule has 2 N–H and O–H groups in total. The van der Waals surface area contributed by atoms with E-state index < -0.39 is 11.4 Å². The first-order chi connectivity index (χ1) is 7.00. The van der Waals surface area contributed by atoms with Gasteiger partial charge in [-0.25, -0.2) is 4.39 Å². The van der Waals surface area contributed by atoms with E-state index >= 15 is 0 Å². The monoisotopic (exact) mass is 208 g/mol. The Morgan fingerprint density at radius 1 is 1.53 bits per heavy atom. The molecule has 0 aliphatic heterocycles. The number of hydrogen-bond acceptors (Lipinski definition) is 2. The Labute approximate surface area is 89.3 Å². The molecule has 1 aromatic rings. The van der Waals surface area contributed by atoms with E-state index in [-0.39, 0.29) is 11.3 Å². The van der Waals surface area contributed by atoms with Crippen LogP contribution in [0.25, 0.3) is 0 Å². The van der Waals surface area contributed by atoms with Gasteiger partial charge in [-0.2, -0.15) is 0 Å². The number of nitrogens with one attached hydrogen (secondary N) is 1. The zero-order valence-electron chi connectivity index (χ0n) is 8.76. The lowest BCUT2D eigenvalue weighted by atomic mass is 9.88. The van der Waals surface area contributed by atoms with E-state index in [1.807, 2.05) is 6.92 Å². The normalized spacial score (nSPS) is 14.7. The third-order valence-corrected chi connectivity index (χ3v) is 2.32. The molecule has 0 heterocycles. The molecule has 15 heavy (non-hydrogen) atoms. The largest absolute Gasteiger partial charge is 0.379 e. The van der Waals surface area contributed by atoms with Crippen LogP contribution in [0.2, 0.25) is 0 Å². The fraction of sp³-hybridized carbons (Fsp3) is 0.333. The molecule has 2 nitrogen and oxygen atoms in total. The second-order valence-electron chi connectivity index (χ2n) is 3.57. The zero-order valence-corrected chi connectivity index (χ0v) is 8.76. The number of aliphatic hydroxyl groups is 1. The lowest BCUT2D eigenvalue weighted by Crippen LogP contribution is -2.32. The Hall–Kier alpha value is -1.22. The summed E-state index contributed by atoms with van der Waals surface area (Å²) in [6.45, 7) is 5.41. The summed E-state index contributed by atoms with van der Waals surface area (Å²) >= 11 is 0. The van der Waals surface area contributed by atoms with E-state index in [1.54, 1.807) is 12.1 Å². The van der Waals surface area contributed by atoms with E-state index in [1.165, 1.54) is 12.1 Å². The highest BCUT2D eigenvalue weighted by atomic mass is 19.1. The maximum absolute atomic E-state index is 13.4. The van der Waals surface area contributed by atoms with Gasteiger partial charge in [0.25, 0.3) is 0 Å². The van der Waals surface area contributed by atoms with Crippen molar-refractivity contribution in [2.75, 3.05) is 0 Å². The van der Waals surface area contributed by atoms with Gasteiger partial charge >= 0.3 is 0 Å². The van der Waals surface area contributed by atoms with Crippen LogP contribution in [0.1, 0.15) is 25.3 Å². The van der Waals surface area contributed by atoms with Gasteiger partial charge < -0.3 is 10.5 Å². The van der Waals surface area contributed by atoms with Crippen LogP contribution in [-0.2, 0) is 5.60 Å². The van der Waals surface area contributed by atoms with Crippen molar-refractivity contribution in [2.45, 2.75) is 25.4 Å². The Morgan fingerprint density at radius 2 is 2.13 bits per heavy atom. The van der Waals surface area contributed by atoms with E-state index in [0.717, 1.165) is 6.42 Å². The van der Waals surface area contributed by atoms with E-state index in [9.17, 15) is 9.50 Å².